The number of hydrogen-bond donors (Lipinski definition) is 2. The number of likely N-dealkylation sites (tertiary alicyclic amines) is 1. The van der Waals surface area contributed by atoms with E-state index in [2.05, 4.69) is 10.2 Å². The van der Waals surface area contributed by atoms with Crippen molar-refractivity contribution in [3.05, 3.63) is 23.8 Å². The number of hydrogen-bond acceptors (Lipinski definition) is 4. The van der Waals surface area contributed by atoms with Crippen LogP contribution in [0.25, 0.3) is 0 Å². The first kappa shape index (κ1) is 14.8. The van der Waals surface area contributed by atoms with Gasteiger partial charge in [0.05, 0.1) is 24.0 Å². The molecule has 20 heavy (non-hydrogen) atoms. The fourth-order valence-corrected chi connectivity index (χ4v) is 2.54. The first-order chi connectivity index (χ1) is 9.58. The highest BCUT2D eigenvalue weighted by Gasteiger charge is 2.21. The first-order valence-electron chi connectivity index (χ1n) is 6.99. The highest BCUT2D eigenvalue weighted by Crippen LogP contribution is 2.19. The molecule has 110 valence electrons. The number of ether oxygens (including phenoxy) is 1. The maximum Gasteiger partial charge on any atom is 0.238 e. The smallest absolute Gasteiger partial charge is 0.238 e. The fraction of sp³-hybridized carbons (Fsp3) is 0.533. The minimum Gasteiger partial charge on any atom is -0.397 e. The number of carbonyl (C=O) groups excluding carboxylic acids is 1. The maximum absolute atomic E-state index is 12.1. The van der Waals surface area contributed by atoms with Crippen molar-refractivity contribution in [2.24, 2.45) is 0 Å². The van der Waals surface area contributed by atoms with Crippen LogP contribution >= 0.6 is 0 Å². The lowest BCUT2D eigenvalue weighted by atomic mass is 10.1. The fourth-order valence-electron chi connectivity index (χ4n) is 2.54. The number of nitrogens with one attached hydrogen (secondary N) is 1. The summed E-state index contributed by atoms with van der Waals surface area (Å²) in [7, 11) is 1.72. The van der Waals surface area contributed by atoms with Gasteiger partial charge in [-0.2, -0.15) is 0 Å². The van der Waals surface area contributed by atoms with Crippen LogP contribution in [0.1, 0.15) is 18.4 Å². The summed E-state index contributed by atoms with van der Waals surface area (Å²) in [5.41, 5.74) is 8.27. The van der Waals surface area contributed by atoms with Gasteiger partial charge in [0, 0.05) is 13.7 Å². The zero-order valence-electron chi connectivity index (χ0n) is 12.2. The number of nitrogen functional groups attached to an aromatic ring is 1. The molecule has 0 spiro atoms. The zero-order valence-corrected chi connectivity index (χ0v) is 12.2. The van der Waals surface area contributed by atoms with Crippen molar-refractivity contribution in [2.75, 3.05) is 37.8 Å². The molecule has 1 aliphatic heterocycles. The molecule has 0 bridgehead atoms. The van der Waals surface area contributed by atoms with Crippen LogP contribution < -0.4 is 11.1 Å². The molecule has 1 saturated heterocycles. The van der Waals surface area contributed by atoms with E-state index in [1.165, 1.54) is 0 Å². The van der Waals surface area contributed by atoms with Crippen molar-refractivity contribution >= 4 is 17.3 Å². The Labute approximate surface area is 120 Å². The molecule has 5 nitrogen and oxygen atoms in total. The first-order valence-corrected chi connectivity index (χ1v) is 6.99. The van der Waals surface area contributed by atoms with E-state index < -0.39 is 0 Å². The van der Waals surface area contributed by atoms with Gasteiger partial charge in [0.25, 0.3) is 0 Å². The molecule has 1 amide bonds. The van der Waals surface area contributed by atoms with E-state index in [0.29, 0.717) is 17.9 Å². The van der Waals surface area contributed by atoms with E-state index in [9.17, 15) is 4.79 Å². The molecule has 5 heteroatoms. The molecule has 1 aromatic rings. The van der Waals surface area contributed by atoms with Crippen molar-refractivity contribution in [1.82, 2.24) is 4.90 Å². The Morgan fingerprint density at radius 3 is 3.05 bits per heavy atom. The van der Waals surface area contributed by atoms with Gasteiger partial charge in [0.15, 0.2) is 0 Å². The third kappa shape index (κ3) is 3.95. The number of carbonyl (C=O) groups is 1. The number of nitrogens with two attached hydrogens (primary N) is 1. The second-order valence-corrected chi connectivity index (χ2v) is 5.37. The van der Waals surface area contributed by atoms with Crippen LogP contribution in [0.3, 0.4) is 0 Å². The second-order valence-electron chi connectivity index (χ2n) is 5.37. The monoisotopic (exact) mass is 277 g/mol. The van der Waals surface area contributed by atoms with Crippen molar-refractivity contribution < 1.29 is 9.53 Å². The lowest BCUT2D eigenvalue weighted by Gasteiger charge is -2.31. The van der Waals surface area contributed by atoms with Crippen LogP contribution in [0.2, 0.25) is 0 Å². The Morgan fingerprint density at radius 2 is 2.35 bits per heavy atom. The number of aryl methyl sites for hydroxylation is 1. The summed E-state index contributed by atoms with van der Waals surface area (Å²) >= 11 is 0. The van der Waals surface area contributed by atoms with Crippen LogP contribution in [0.5, 0.6) is 0 Å². The largest absolute Gasteiger partial charge is 0.397 e. The summed E-state index contributed by atoms with van der Waals surface area (Å²) in [6.07, 6.45) is 2.37. The van der Waals surface area contributed by atoms with Crippen LogP contribution in [0.15, 0.2) is 18.2 Å². The number of anilines is 2. The van der Waals surface area contributed by atoms with Gasteiger partial charge in [-0.1, -0.05) is 6.07 Å². The zero-order chi connectivity index (χ0) is 14.5. The minimum atomic E-state index is -0.0303. The van der Waals surface area contributed by atoms with Gasteiger partial charge in [-0.25, -0.2) is 0 Å². The van der Waals surface area contributed by atoms with Gasteiger partial charge < -0.3 is 15.8 Å². The average Bonchev–Trinajstić information content (AvgIpc) is 2.42. The molecular weight excluding hydrogens is 254 g/mol. The van der Waals surface area contributed by atoms with Crippen molar-refractivity contribution in [3.8, 4) is 0 Å². The van der Waals surface area contributed by atoms with Gasteiger partial charge >= 0.3 is 0 Å². The molecule has 1 aromatic carbocycles. The minimum absolute atomic E-state index is 0.0303. The predicted octanol–water partition coefficient (Wildman–Crippen LogP) is 1.63. The van der Waals surface area contributed by atoms with E-state index in [-0.39, 0.29) is 12.0 Å². The number of piperidine rings is 1. The molecule has 1 atom stereocenters. The number of nitrogens with zero attached hydrogens (tertiary/aromatic N) is 1. The summed E-state index contributed by atoms with van der Waals surface area (Å²) < 4.78 is 5.36. The molecule has 3 N–H and O–H groups in total. The molecule has 0 aliphatic carbocycles. The van der Waals surface area contributed by atoms with Crippen LogP contribution in [0.4, 0.5) is 11.4 Å². The molecule has 0 radical (unpaired) electrons. The summed E-state index contributed by atoms with van der Waals surface area (Å²) in [4.78, 5) is 14.2. The Bertz CT molecular complexity index is 476. The SMILES string of the molecule is COC1CCCN(CC(=O)Nc2ccc(C)cc2N)C1. The van der Waals surface area contributed by atoms with Crippen molar-refractivity contribution in [2.45, 2.75) is 25.9 Å². The summed E-state index contributed by atoms with van der Waals surface area (Å²) in [5, 5.41) is 2.87. The topological polar surface area (TPSA) is 67.6 Å². The third-order valence-corrected chi connectivity index (χ3v) is 3.64. The summed E-state index contributed by atoms with van der Waals surface area (Å²) in [5.74, 6) is -0.0303. The van der Waals surface area contributed by atoms with Gasteiger partial charge in [0.2, 0.25) is 5.91 Å². The van der Waals surface area contributed by atoms with E-state index in [1.54, 1.807) is 7.11 Å². The molecule has 1 aliphatic rings. The number of rotatable bonds is 4. The Balaban J connectivity index is 1.88. The van der Waals surface area contributed by atoms with Gasteiger partial charge in [0.1, 0.15) is 0 Å². The highest BCUT2D eigenvalue weighted by atomic mass is 16.5. The molecule has 1 fully saturated rings. The number of benzene rings is 1. The van der Waals surface area contributed by atoms with Crippen molar-refractivity contribution in [3.63, 3.8) is 0 Å². The van der Waals surface area contributed by atoms with Crippen molar-refractivity contribution in [1.29, 1.82) is 0 Å². The Kier molecular flexibility index (Phi) is 4.98. The van der Waals surface area contributed by atoms with E-state index in [4.69, 9.17) is 10.5 Å². The van der Waals surface area contributed by atoms with Gasteiger partial charge in [-0.15, -0.1) is 0 Å². The number of amides is 1. The number of methoxy groups -OCH3 is 1. The van der Waals surface area contributed by atoms with Crippen LogP contribution in [-0.4, -0.2) is 43.7 Å². The molecule has 2 rings (SSSR count). The van der Waals surface area contributed by atoms with E-state index >= 15 is 0 Å². The van der Waals surface area contributed by atoms with Crippen LogP contribution in [0, 0.1) is 6.92 Å². The quantitative estimate of drug-likeness (QED) is 0.821. The predicted molar refractivity (Wildman–Crippen MR) is 80.7 cm³/mol. The lowest BCUT2D eigenvalue weighted by molar-refractivity contribution is -0.118. The van der Waals surface area contributed by atoms with Crippen LogP contribution in [-0.2, 0) is 9.53 Å². The van der Waals surface area contributed by atoms with E-state index in [0.717, 1.165) is 31.5 Å². The summed E-state index contributed by atoms with van der Waals surface area (Å²) in [6.45, 7) is 4.11. The highest BCUT2D eigenvalue weighted by molar-refractivity contribution is 5.95. The lowest BCUT2D eigenvalue weighted by Crippen LogP contribution is -2.43. The molecule has 0 aromatic heterocycles. The molecule has 1 unspecified atom stereocenters. The van der Waals surface area contributed by atoms with E-state index in [1.807, 2.05) is 25.1 Å². The second kappa shape index (κ2) is 6.72. The average molecular weight is 277 g/mol. The molecular formula is C15H23N3O2. The Morgan fingerprint density at radius 1 is 1.55 bits per heavy atom. The Hall–Kier alpha value is -1.59. The standard InChI is InChI=1S/C15H23N3O2/c1-11-5-6-14(13(16)8-11)17-15(19)10-18-7-3-4-12(9-18)20-2/h5-6,8,12H,3-4,7,9-10,16H2,1-2H3,(H,17,19). The third-order valence-electron chi connectivity index (χ3n) is 3.64. The molecule has 0 saturated carbocycles. The normalized spacial score (nSPS) is 19.8. The molecule has 1 heterocycles. The van der Waals surface area contributed by atoms with Gasteiger partial charge in [-0.3, -0.25) is 9.69 Å². The summed E-state index contributed by atoms with van der Waals surface area (Å²) in [6, 6.07) is 5.64. The van der Waals surface area contributed by atoms with Gasteiger partial charge in [-0.05, 0) is 44.0 Å². The maximum atomic E-state index is 12.1.